The number of rotatable bonds is 5. The summed E-state index contributed by atoms with van der Waals surface area (Å²) in [5, 5.41) is 22.8. The zero-order chi connectivity index (χ0) is 24.0. The quantitative estimate of drug-likeness (QED) is 0.203. The minimum Gasteiger partial charge on any atom is -0.508 e. The number of amides is 2. The third-order valence-electron chi connectivity index (χ3n) is 6.04. The van der Waals surface area contributed by atoms with Crippen molar-refractivity contribution in [1.82, 2.24) is 9.80 Å². The van der Waals surface area contributed by atoms with Crippen molar-refractivity contribution in [3.05, 3.63) is 77.4 Å². The van der Waals surface area contributed by atoms with Crippen LogP contribution in [0.15, 0.2) is 65.7 Å². The number of imide groups is 1. The van der Waals surface area contributed by atoms with Crippen LogP contribution in [0.2, 0.25) is 0 Å². The van der Waals surface area contributed by atoms with Crippen LogP contribution in [0.4, 0.5) is 5.69 Å². The molecule has 0 unspecified atom stereocenters. The highest BCUT2D eigenvalue weighted by Crippen LogP contribution is 2.39. The molecule has 4 aromatic rings. The van der Waals surface area contributed by atoms with Gasteiger partial charge in [0, 0.05) is 41.2 Å². The molecule has 0 fully saturated rings. The lowest BCUT2D eigenvalue weighted by molar-refractivity contribution is 0.0602. The second kappa shape index (κ2) is 8.28. The Hall–Kier alpha value is -4.23. The Kier molecular flexibility index (Phi) is 5.26. The summed E-state index contributed by atoms with van der Waals surface area (Å²) in [6, 6.07) is 17.2. The summed E-state index contributed by atoms with van der Waals surface area (Å²) < 4.78 is 0. The number of aromatic hydroxyl groups is 2. The Morgan fingerprint density at radius 1 is 0.912 bits per heavy atom. The van der Waals surface area contributed by atoms with E-state index < -0.39 is 0 Å². The summed E-state index contributed by atoms with van der Waals surface area (Å²) in [7, 11) is 3.79. The van der Waals surface area contributed by atoms with Crippen molar-refractivity contribution in [3.63, 3.8) is 0 Å². The molecule has 0 atom stereocenters. The van der Waals surface area contributed by atoms with Crippen molar-refractivity contribution in [2.75, 3.05) is 27.2 Å². The van der Waals surface area contributed by atoms with Crippen LogP contribution >= 0.6 is 0 Å². The first-order valence-corrected chi connectivity index (χ1v) is 10.9. The average Bonchev–Trinajstić information content (AvgIpc) is 2.81. The molecule has 170 valence electrons. The predicted molar refractivity (Wildman–Crippen MR) is 132 cm³/mol. The maximum absolute atomic E-state index is 13.7. The molecule has 0 aromatic heterocycles. The van der Waals surface area contributed by atoms with Gasteiger partial charge in [0.05, 0.1) is 11.3 Å². The Morgan fingerprint density at radius 3 is 2.41 bits per heavy atom. The molecular formula is C27H23N3O4. The third kappa shape index (κ3) is 3.56. The van der Waals surface area contributed by atoms with Gasteiger partial charge in [-0.25, -0.2) is 0 Å². The summed E-state index contributed by atoms with van der Waals surface area (Å²) in [4.78, 5) is 34.8. The van der Waals surface area contributed by atoms with Crippen molar-refractivity contribution in [2.45, 2.75) is 0 Å². The number of carbonyl (C=O) groups excluding carboxylic acids is 2. The van der Waals surface area contributed by atoms with Crippen molar-refractivity contribution in [2.24, 2.45) is 4.99 Å². The van der Waals surface area contributed by atoms with E-state index in [1.54, 1.807) is 12.1 Å². The highest BCUT2D eigenvalue weighted by Gasteiger charge is 2.34. The maximum Gasteiger partial charge on any atom is 0.262 e. The minimum atomic E-state index is -0.344. The number of likely N-dealkylation sites (N-methyl/N-ethyl adjacent to an activating group) is 1. The number of hydrogen-bond acceptors (Lipinski definition) is 6. The number of phenols is 2. The molecule has 34 heavy (non-hydrogen) atoms. The molecule has 0 aliphatic carbocycles. The smallest absolute Gasteiger partial charge is 0.262 e. The van der Waals surface area contributed by atoms with Gasteiger partial charge in [-0.1, -0.05) is 24.3 Å². The van der Waals surface area contributed by atoms with E-state index in [0.717, 1.165) is 10.8 Å². The van der Waals surface area contributed by atoms with E-state index in [-0.39, 0.29) is 29.9 Å². The van der Waals surface area contributed by atoms with Gasteiger partial charge in [0.2, 0.25) is 0 Å². The molecule has 7 nitrogen and oxygen atoms in total. The standard InChI is InChI=1S/C27H23N3O4/c1-29(2)11-12-30-26(33)20-7-3-5-16-13-17-6-4-8-21(24(17)25(23(16)20)27(30)34)28-15-18-14-19(31)9-10-22(18)32/h3-10,13-15,31-32H,11-12H2,1-2H3/b28-15-. The number of fused-ring (bicyclic) bond motifs is 2. The summed E-state index contributed by atoms with van der Waals surface area (Å²) in [5.74, 6) is -0.653. The fraction of sp³-hybridized carbons (Fsp3) is 0.148. The monoisotopic (exact) mass is 453 g/mol. The molecular weight excluding hydrogens is 430 g/mol. The Morgan fingerprint density at radius 2 is 1.65 bits per heavy atom. The molecule has 1 heterocycles. The molecule has 1 aliphatic rings. The van der Waals surface area contributed by atoms with E-state index in [1.807, 2.05) is 49.3 Å². The average molecular weight is 453 g/mol. The van der Waals surface area contributed by atoms with Crippen molar-refractivity contribution >= 4 is 45.3 Å². The Balaban J connectivity index is 1.75. The van der Waals surface area contributed by atoms with Crippen molar-refractivity contribution in [1.29, 1.82) is 0 Å². The zero-order valence-electron chi connectivity index (χ0n) is 18.8. The van der Waals surface area contributed by atoms with Crippen LogP contribution < -0.4 is 0 Å². The SMILES string of the molecule is CN(C)CCN1C(=O)c2cccc3cc4cccc(/N=C\c5cc(O)ccc5O)c4c(c23)C1=O. The van der Waals surface area contributed by atoms with Crippen LogP contribution in [0.3, 0.4) is 0 Å². The zero-order valence-corrected chi connectivity index (χ0v) is 18.8. The molecule has 0 bridgehead atoms. The first kappa shape index (κ1) is 21.6. The molecule has 2 amide bonds. The number of phenolic OH excluding ortho intramolecular Hbond substituents is 2. The molecule has 2 N–H and O–H groups in total. The van der Waals surface area contributed by atoms with Gasteiger partial charge in [0.25, 0.3) is 11.8 Å². The highest BCUT2D eigenvalue weighted by molar-refractivity contribution is 6.31. The first-order valence-electron chi connectivity index (χ1n) is 10.9. The summed E-state index contributed by atoms with van der Waals surface area (Å²) >= 11 is 0. The number of hydrogen-bond donors (Lipinski definition) is 2. The van der Waals surface area contributed by atoms with Gasteiger partial charge in [-0.05, 0) is 61.3 Å². The maximum atomic E-state index is 13.7. The van der Waals surface area contributed by atoms with E-state index in [4.69, 9.17) is 0 Å². The summed E-state index contributed by atoms with van der Waals surface area (Å²) in [5.41, 5.74) is 1.83. The van der Waals surface area contributed by atoms with E-state index in [0.29, 0.717) is 39.7 Å². The number of carbonyl (C=O) groups is 2. The van der Waals surface area contributed by atoms with Crippen LogP contribution in [-0.2, 0) is 0 Å². The Labute approximate surface area is 196 Å². The largest absolute Gasteiger partial charge is 0.508 e. The van der Waals surface area contributed by atoms with Gasteiger partial charge in [0.15, 0.2) is 0 Å². The van der Waals surface area contributed by atoms with Crippen LogP contribution in [0.1, 0.15) is 26.3 Å². The first-order chi connectivity index (χ1) is 16.3. The summed E-state index contributed by atoms with van der Waals surface area (Å²) in [6.45, 7) is 0.828. The van der Waals surface area contributed by atoms with Gasteiger partial charge in [-0.15, -0.1) is 0 Å². The molecule has 0 spiro atoms. The third-order valence-corrected chi connectivity index (χ3v) is 6.04. The van der Waals surface area contributed by atoms with E-state index in [9.17, 15) is 19.8 Å². The van der Waals surface area contributed by atoms with E-state index in [2.05, 4.69) is 4.99 Å². The van der Waals surface area contributed by atoms with E-state index in [1.165, 1.54) is 29.3 Å². The van der Waals surface area contributed by atoms with Gasteiger partial charge < -0.3 is 15.1 Å². The molecule has 0 saturated carbocycles. The van der Waals surface area contributed by atoms with Crippen LogP contribution in [-0.4, -0.2) is 65.2 Å². The van der Waals surface area contributed by atoms with Gasteiger partial charge in [-0.2, -0.15) is 0 Å². The molecule has 0 saturated heterocycles. The lowest BCUT2D eigenvalue weighted by atomic mass is 9.89. The summed E-state index contributed by atoms with van der Waals surface area (Å²) in [6.07, 6.45) is 1.45. The molecule has 5 rings (SSSR count). The molecule has 4 aromatic carbocycles. The van der Waals surface area contributed by atoms with Crippen molar-refractivity contribution < 1.29 is 19.8 Å². The highest BCUT2D eigenvalue weighted by atomic mass is 16.3. The van der Waals surface area contributed by atoms with Crippen LogP contribution in [0, 0.1) is 0 Å². The van der Waals surface area contributed by atoms with Gasteiger partial charge >= 0.3 is 0 Å². The number of benzene rings is 4. The second-order valence-corrected chi connectivity index (χ2v) is 8.60. The van der Waals surface area contributed by atoms with Crippen LogP contribution in [0.25, 0.3) is 21.5 Å². The van der Waals surface area contributed by atoms with Crippen LogP contribution in [0.5, 0.6) is 11.5 Å². The topological polar surface area (TPSA) is 93.4 Å². The fourth-order valence-electron chi connectivity index (χ4n) is 4.37. The molecule has 0 radical (unpaired) electrons. The van der Waals surface area contributed by atoms with Gasteiger partial charge in [0.1, 0.15) is 11.5 Å². The molecule has 7 heteroatoms. The normalized spacial score (nSPS) is 13.7. The predicted octanol–water partition coefficient (Wildman–Crippen LogP) is 4.31. The molecule has 1 aliphatic heterocycles. The number of nitrogens with zero attached hydrogens (tertiary/aromatic N) is 3. The Bertz CT molecular complexity index is 1510. The number of aliphatic imine (C=N–C) groups is 1. The van der Waals surface area contributed by atoms with Crippen molar-refractivity contribution in [3.8, 4) is 11.5 Å². The minimum absolute atomic E-state index is 0.00752. The van der Waals surface area contributed by atoms with E-state index >= 15 is 0 Å². The fourth-order valence-corrected chi connectivity index (χ4v) is 4.37. The second-order valence-electron chi connectivity index (χ2n) is 8.60. The lowest BCUT2D eigenvalue weighted by Gasteiger charge is -2.29. The lowest BCUT2D eigenvalue weighted by Crippen LogP contribution is -2.43. The van der Waals surface area contributed by atoms with Gasteiger partial charge in [-0.3, -0.25) is 19.5 Å².